The molecule has 1 aromatic heterocycles. The zero-order valence-electron chi connectivity index (χ0n) is 7.35. The van der Waals surface area contributed by atoms with E-state index in [1.165, 1.54) is 12.7 Å². The first-order valence-corrected chi connectivity index (χ1v) is 5.28. The minimum Gasteiger partial charge on any atom is -0.225 e. The van der Waals surface area contributed by atoms with E-state index in [0.29, 0.717) is 0 Å². The summed E-state index contributed by atoms with van der Waals surface area (Å²) in [5.41, 5.74) is 0. The molecule has 0 aliphatic carbocycles. The average molecular weight is 300 g/mol. The van der Waals surface area contributed by atoms with Gasteiger partial charge in [-0.3, -0.25) is 0 Å². The topological polar surface area (TPSA) is 66.6 Å². The number of halogens is 4. The highest BCUT2D eigenvalue weighted by Crippen LogP contribution is 2.34. The third-order valence-corrected chi connectivity index (χ3v) is 2.79. The molecule has 0 saturated heterocycles. The lowest BCUT2D eigenvalue weighted by Crippen LogP contribution is -2.40. The van der Waals surface area contributed by atoms with Crippen LogP contribution in [0.15, 0.2) is 22.6 Å². The van der Waals surface area contributed by atoms with Crippen LogP contribution in [-0.4, -0.2) is 35.1 Å². The van der Waals surface area contributed by atoms with Crippen LogP contribution in [0.2, 0.25) is 0 Å². The lowest BCUT2D eigenvalue weighted by molar-refractivity contribution is 0.548. The average Bonchev–Trinajstić information content (AvgIpc) is 2.24. The molecule has 2 rings (SSSR count). The molecule has 2 heterocycles. The Balaban J connectivity index is 2.46. The SMILES string of the molecule is ClC1=NC(Cl)(Cl)N(Cl)C(c2ncncn2)=N1. The quantitative estimate of drug-likeness (QED) is 0.450. The number of amidine groups is 2. The molecule has 0 radical (unpaired) electrons. The maximum atomic E-state index is 5.85. The molecule has 0 bridgehead atoms. The minimum atomic E-state index is -1.75. The first kappa shape index (κ1) is 11.8. The van der Waals surface area contributed by atoms with Gasteiger partial charge in [0.05, 0.1) is 0 Å². The van der Waals surface area contributed by atoms with Crippen LogP contribution in [0, 0.1) is 0 Å². The molecule has 1 aliphatic rings. The van der Waals surface area contributed by atoms with Gasteiger partial charge >= 0.3 is 4.58 Å². The highest BCUT2D eigenvalue weighted by molar-refractivity contribution is 6.67. The second kappa shape index (κ2) is 4.29. The van der Waals surface area contributed by atoms with Gasteiger partial charge in [0.2, 0.25) is 5.29 Å². The molecule has 0 fully saturated rings. The van der Waals surface area contributed by atoms with E-state index in [4.69, 9.17) is 46.6 Å². The normalized spacial score (nSPS) is 19.1. The molecule has 84 valence electrons. The van der Waals surface area contributed by atoms with Crippen molar-refractivity contribution in [3.8, 4) is 0 Å². The number of nitrogens with zero attached hydrogens (tertiary/aromatic N) is 6. The number of aliphatic imine (C=N–C) groups is 2. The molecular weight excluding hydrogens is 298 g/mol. The fourth-order valence-corrected chi connectivity index (χ4v) is 1.69. The second-order valence-corrected chi connectivity index (χ2v) is 4.49. The molecule has 0 aromatic carbocycles. The third kappa shape index (κ3) is 2.20. The van der Waals surface area contributed by atoms with Gasteiger partial charge in [0.1, 0.15) is 12.7 Å². The van der Waals surface area contributed by atoms with Crippen LogP contribution < -0.4 is 0 Å². The Morgan fingerprint density at radius 3 is 2.44 bits per heavy atom. The van der Waals surface area contributed by atoms with Gasteiger partial charge in [0, 0.05) is 11.8 Å². The Bertz CT molecular complexity index is 457. The summed E-state index contributed by atoms with van der Waals surface area (Å²) < 4.78 is -0.875. The Morgan fingerprint density at radius 2 is 1.81 bits per heavy atom. The van der Waals surface area contributed by atoms with Crippen molar-refractivity contribution in [3.05, 3.63) is 18.5 Å². The van der Waals surface area contributed by atoms with Gasteiger partial charge in [-0.1, -0.05) is 23.2 Å². The van der Waals surface area contributed by atoms with Gasteiger partial charge in [-0.25, -0.2) is 19.4 Å². The van der Waals surface area contributed by atoms with E-state index >= 15 is 0 Å². The zero-order valence-corrected chi connectivity index (χ0v) is 10.4. The van der Waals surface area contributed by atoms with E-state index in [1.54, 1.807) is 0 Å². The fraction of sp³-hybridized carbons (Fsp3) is 0.167. The van der Waals surface area contributed by atoms with Crippen molar-refractivity contribution in [2.24, 2.45) is 9.98 Å². The van der Waals surface area contributed by atoms with Crippen LogP contribution in [0.5, 0.6) is 0 Å². The first-order valence-electron chi connectivity index (χ1n) is 3.81. The molecule has 16 heavy (non-hydrogen) atoms. The summed E-state index contributed by atoms with van der Waals surface area (Å²) in [5.74, 6) is 0.276. The van der Waals surface area contributed by atoms with Crippen molar-refractivity contribution >= 4 is 57.7 Å². The molecular formula is C6H2Cl4N6. The fourth-order valence-electron chi connectivity index (χ4n) is 0.931. The lowest BCUT2D eigenvalue weighted by Gasteiger charge is -2.28. The largest absolute Gasteiger partial charge is 0.306 e. The van der Waals surface area contributed by atoms with Crippen molar-refractivity contribution in [1.29, 1.82) is 0 Å². The summed E-state index contributed by atoms with van der Waals surface area (Å²) in [6.45, 7) is 0. The molecule has 0 atom stereocenters. The standard InChI is InChI=1S/C6H2Cl4N6/c7-5-14-4(3-12-1-11-2-13-3)16(10)6(8,9)15-5/h1-2H. The smallest absolute Gasteiger partial charge is 0.225 e. The van der Waals surface area contributed by atoms with E-state index in [-0.39, 0.29) is 17.0 Å². The van der Waals surface area contributed by atoms with E-state index in [0.717, 1.165) is 4.42 Å². The monoisotopic (exact) mass is 298 g/mol. The zero-order chi connectivity index (χ0) is 11.8. The molecule has 0 saturated carbocycles. The van der Waals surface area contributed by atoms with Crippen molar-refractivity contribution < 1.29 is 0 Å². The molecule has 0 unspecified atom stereocenters. The number of hydrogen-bond donors (Lipinski definition) is 0. The highest BCUT2D eigenvalue weighted by atomic mass is 35.5. The van der Waals surface area contributed by atoms with Gasteiger partial charge in [0.25, 0.3) is 0 Å². The predicted molar refractivity (Wildman–Crippen MR) is 61.8 cm³/mol. The summed E-state index contributed by atoms with van der Waals surface area (Å²) >= 11 is 23.1. The lowest BCUT2D eigenvalue weighted by atomic mass is 10.5. The number of aromatic nitrogens is 3. The van der Waals surface area contributed by atoms with Crippen LogP contribution in [0.4, 0.5) is 0 Å². The maximum Gasteiger partial charge on any atom is 0.306 e. The summed E-state index contributed by atoms with van der Waals surface area (Å²) in [6.07, 6.45) is 2.55. The van der Waals surface area contributed by atoms with Crippen LogP contribution in [0.3, 0.4) is 0 Å². The summed E-state index contributed by atoms with van der Waals surface area (Å²) in [5, 5.41) is -0.141. The van der Waals surface area contributed by atoms with Crippen LogP contribution in [0.25, 0.3) is 0 Å². The highest BCUT2D eigenvalue weighted by Gasteiger charge is 2.39. The Morgan fingerprint density at radius 1 is 1.19 bits per heavy atom. The van der Waals surface area contributed by atoms with Gasteiger partial charge < -0.3 is 0 Å². The van der Waals surface area contributed by atoms with Gasteiger partial charge in [-0.05, 0) is 11.6 Å². The molecule has 10 heteroatoms. The first-order chi connectivity index (χ1) is 7.50. The summed E-state index contributed by atoms with van der Waals surface area (Å²) in [6, 6.07) is 0. The van der Waals surface area contributed by atoms with E-state index in [2.05, 4.69) is 24.9 Å². The second-order valence-electron chi connectivity index (χ2n) is 2.57. The third-order valence-electron chi connectivity index (χ3n) is 1.54. The van der Waals surface area contributed by atoms with Crippen LogP contribution in [0.1, 0.15) is 5.82 Å². The van der Waals surface area contributed by atoms with Crippen molar-refractivity contribution in [2.75, 3.05) is 0 Å². The summed E-state index contributed by atoms with van der Waals surface area (Å²) in [7, 11) is 0. The Labute approximate surface area is 110 Å². The van der Waals surface area contributed by atoms with Crippen molar-refractivity contribution in [1.82, 2.24) is 19.4 Å². The molecule has 0 amide bonds. The Kier molecular flexibility index (Phi) is 3.16. The van der Waals surface area contributed by atoms with Gasteiger partial charge in [0.15, 0.2) is 11.7 Å². The van der Waals surface area contributed by atoms with Crippen LogP contribution in [-0.2, 0) is 0 Å². The van der Waals surface area contributed by atoms with E-state index in [1.807, 2.05) is 0 Å². The molecule has 6 nitrogen and oxygen atoms in total. The Hall–Kier alpha value is -0.690. The molecule has 1 aliphatic heterocycles. The van der Waals surface area contributed by atoms with Crippen molar-refractivity contribution in [2.45, 2.75) is 4.58 Å². The number of alkyl halides is 2. The van der Waals surface area contributed by atoms with Gasteiger partial charge in [-0.2, -0.15) is 9.98 Å². The summed E-state index contributed by atoms with van der Waals surface area (Å²) in [4.78, 5) is 18.8. The molecule has 0 N–H and O–H groups in total. The van der Waals surface area contributed by atoms with E-state index in [9.17, 15) is 0 Å². The number of rotatable bonds is 1. The maximum absolute atomic E-state index is 5.85. The van der Waals surface area contributed by atoms with Gasteiger partial charge in [-0.15, -0.1) is 0 Å². The molecule has 0 spiro atoms. The van der Waals surface area contributed by atoms with Crippen molar-refractivity contribution in [3.63, 3.8) is 0 Å². The predicted octanol–water partition coefficient (Wildman–Crippen LogP) is 1.77. The van der Waals surface area contributed by atoms with Crippen LogP contribution >= 0.6 is 46.6 Å². The number of hydrogen-bond acceptors (Lipinski definition) is 6. The minimum absolute atomic E-state index is 0.0917. The molecule has 1 aromatic rings. The van der Waals surface area contributed by atoms with E-state index < -0.39 is 4.58 Å².